The molecule has 0 aliphatic heterocycles. The third-order valence-corrected chi connectivity index (χ3v) is 5.08. The van der Waals surface area contributed by atoms with Crippen LogP contribution in [-0.2, 0) is 22.6 Å². The maximum absolute atomic E-state index is 11.8. The van der Waals surface area contributed by atoms with Crippen molar-refractivity contribution >= 4 is 46.0 Å². The van der Waals surface area contributed by atoms with Crippen LogP contribution >= 0.6 is 34.3 Å². The van der Waals surface area contributed by atoms with Gasteiger partial charge in [0, 0.05) is 11.8 Å². The van der Waals surface area contributed by atoms with Crippen molar-refractivity contribution in [2.75, 3.05) is 0 Å². The van der Waals surface area contributed by atoms with E-state index in [0.717, 1.165) is 23.5 Å². The third-order valence-electron chi connectivity index (χ3n) is 2.85. The van der Waals surface area contributed by atoms with E-state index in [0.29, 0.717) is 9.21 Å². The van der Waals surface area contributed by atoms with Gasteiger partial charge in [0.25, 0.3) is 0 Å². The van der Waals surface area contributed by atoms with Gasteiger partial charge in [-0.2, -0.15) is 0 Å². The van der Waals surface area contributed by atoms with E-state index < -0.39 is 0 Å². The van der Waals surface area contributed by atoms with E-state index in [1.54, 1.807) is 23.5 Å². The molecule has 0 bridgehead atoms. The Morgan fingerprint density at radius 1 is 1.32 bits per heavy atom. The summed E-state index contributed by atoms with van der Waals surface area (Å²) >= 11 is 8.57. The Morgan fingerprint density at radius 2 is 2.14 bits per heavy atom. The lowest BCUT2D eigenvalue weighted by Crippen LogP contribution is -2.07. The molecule has 2 aromatic heterocycles. The summed E-state index contributed by atoms with van der Waals surface area (Å²) in [6.07, 6.45) is 2.19. The van der Waals surface area contributed by atoms with Crippen LogP contribution in [0.25, 0.3) is 0 Å². The van der Waals surface area contributed by atoms with Crippen molar-refractivity contribution in [3.63, 3.8) is 0 Å². The molecule has 0 saturated heterocycles. The first-order chi connectivity index (χ1) is 10.6. The summed E-state index contributed by atoms with van der Waals surface area (Å²) in [4.78, 5) is 28.5. The molecule has 0 fully saturated rings. The first kappa shape index (κ1) is 17.1. The lowest BCUT2D eigenvalue weighted by molar-refractivity contribution is -0.145. The molecule has 2 aromatic rings. The van der Waals surface area contributed by atoms with Gasteiger partial charge < -0.3 is 4.74 Å². The number of hydrogen-bond acceptors (Lipinski definition) is 6. The van der Waals surface area contributed by atoms with Crippen molar-refractivity contribution in [2.45, 2.75) is 39.2 Å². The number of thiazole rings is 1. The van der Waals surface area contributed by atoms with Crippen molar-refractivity contribution < 1.29 is 14.3 Å². The number of halogens is 1. The number of nitrogens with zero attached hydrogens (tertiary/aromatic N) is 1. The normalized spacial score (nSPS) is 10.6. The van der Waals surface area contributed by atoms with Crippen molar-refractivity contribution in [3.8, 4) is 0 Å². The summed E-state index contributed by atoms with van der Waals surface area (Å²) in [5, 5.41) is 2.95. The number of carbonyl (C=O) groups is 2. The zero-order valence-corrected chi connectivity index (χ0v) is 14.5. The van der Waals surface area contributed by atoms with Gasteiger partial charge >= 0.3 is 5.97 Å². The van der Waals surface area contributed by atoms with Crippen LogP contribution in [0.1, 0.15) is 46.6 Å². The van der Waals surface area contributed by atoms with Crippen LogP contribution in [-0.4, -0.2) is 16.7 Å². The van der Waals surface area contributed by atoms with Crippen LogP contribution in [0.3, 0.4) is 0 Å². The van der Waals surface area contributed by atoms with E-state index in [1.807, 2.05) is 5.38 Å². The molecule has 2 heterocycles. The van der Waals surface area contributed by atoms with E-state index in [2.05, 4.69) is 11.9 Å². The Balaban J connectivity index is 1.72. The Bertz CT molecular complexity index is 651. The zero-order valence-electron chi connectivity index (χ0n) is 12.1. The molecule has 118 valence electrons. The second kappa shape index (κ2) is 8.41. The summed E-state index contributed by atoms with van der Waals surface area (Å²) in [6, 6.07) is 3.35. The standard InChI is InChI=1S/C15H16ClNO3S2/c1-2-3-14-17-10(9-21-14)8-20-15(19)7-4-11(18)12-5-6-13(16)22-12/h5-6,9H,2-4,7-8H2,1H3. The van der Waals surface area contributed by atoms with Crippen molar-refractivity contribution in [1.29, 1.82) is 0 Å². The fourth-order valence-corrected chi connectivity index (χ4v) is 3.67. The van der Waals surface area contributed by atoms with Gasteiger partial charge in [0.1, 0.15) is 6.61 Å². The molecule has 7 heteroatoms. The van der Waals surface area contributed by atoms with Gasteiger partial charge in [0.15, 0.2) is 5.78 Å². The lowest BCUT2D eigenvalue weighted by Gasteiger charge is -2.02. The van der Waals surface area contributed by atoms with Gasteiger partial charge in [-0.05, 0) is 25.0 Å². The molecule has 0 atom stereocenters. The van der Waals surface area contributed by atoms with Gasteiger partial charge in [-0.1, -0.05) is 18.5 Å². The van der Waals surface area contributed by atoms with E-state index in [-0.39, 0.29) is 31.2 Å². The minimum Gasteiger partial charge on any atom is -0.459 e. The molecular formula is C15H16ClNO3S2. The molecule has 0 aliphatic rings. The summed E-state index contributed by atoms with van der Waals surface area (Å²) in [5.41, 5.74) is 0.762. The molecule has 0 amide bonds. The van der Waals surface area contributed by atoms with Gasteiger partial charge in [0.2, 0.25) is 0 Å². The first-order valence-electron chi connectivity index (χ1n) is 6.96. The first-order valence-corrected chi connectivity index (χ1v) is 9.03. The average Bonchev–Trinajstić information content (AvgIpc) is 3.12. The number of thiophene rings is 1. The van der Waals surface area contributed by atoms with Crippen molar-refractivity contribution in [2.24, 2.45) is 0 Å². The van der Waals surface area contributed by atoms with Crippen LogP contribution in [0, 0.1) is 0 Å². The SMILES string of the molecule is CCCc1nc(COC(=O)CCC(=O)c2ccc(Cl)s2)cs1. The largest absolute Gasteiger partial charge is 0.459 e. The molecule has 4 nitrogen and oxygen atoms in total. The molecule has 22 heavy (non-hydrogen) atoms. The molecule has 0 saturated carbocycles. The number of hydrogen-bond donors (Lipinski definition) is 0. The number of rotatable bonds is 8. The molecule has 0 aliphatic carbocycles. The van der Waals surface area contributed by atoms with E-state index in [1.165, 1.54) is 11.3 Å². The third kappa shape index (κ3) is 5.19. The van der Waals surface area contributed by atoms with Crippen LogP contribution in [0.5, 0.6) is 0 Å². The average molecular weight is 358 g/mol. The van der Waals surface area contributed by atoms with Crippen molar-refractivity contribution in [3.05, 3.63) is 37.4 Å². The summed E-state index contributed by atoms with van der Waals surface area (Å²) < 4.78 is 5.71. The monoisotopic (exact) mass is 357 g/mol. The Hall–Kier alpha value is -1.24. The van der Waals surface area contributed by atoms with Crippen LogP contribution in [0.15, 0.2) is 17.5 Å². The maximum Gasteiger partial charge on any atom is 0.306 e. The molecular weight excluding hydrogens is 342 g/mol. The summed E-state index contributed by atoms with van der Waals surface area (Å²) in [5.74, 6) is -0.478. The van der Waals surface area contributed by atoms with Gasteiger partial charge in [-0.15, -0.1) is 22.7 Å². The Morgan fingerprint density at radius 3 is 2.82 bits per heavy atom. The molecule has 2 rings (SSSR count). The predicted octanol–water partition coefficient (Wildman–Crippen LogP) is 4.52. The second-order valence-electron chi connectivity index (χ2n) is 4.67. The number of carbonyl (C=O) groups excluding carboxylic acids is 2. The van der Waals surface area contributed by atoms with Gasteiger partial charge in [0.05, 0.1) is 26.3 Å². The fourth-order valence-electron chi connectivity index (χ4n) is 1.77. The Kier molecular flexibility index (Phi) is 6.54. The highest BCUT2D eigenvalue weighted by Crippen LogP contribution is 2.23. The molecule has 0 N–H and O–H groups in total. The summed E-state index contributed by atoms with van der Waals surface area (Å²) in [7, 11) is 0. The topological polar surface area (TPSA) is 56.3 Å². The van der Waals surface area contributed by atoms with Crippen molar-refractivity contribution in [1.82, 2.24) is 4.98 Å². The number of Topliss-reactive ketones (excluding diaryl/α,β-unsaturated/α-hetero) is 1. The van der Waals surface area contributed by atoms with Crippen LogP contribution < -0.4 is 0 Å². The smallest absolute Gasteiger partial charge is 0.306 e. The fraction of sp³-hybridized carbons (Fsp3) is 0.400. The molecule has 0 aromatic carbocycles. The number of ether oxygens (including phenoxy) is 1. The maximum atomic E-state index is 11.8. The van der Waals surface area contributed by atoms with E-state index in [9.17, 15) is 9.59 Å². The van der Waals surface area contributed by atoms with Crippen LogP contribution in [0.2, 0.25) is 4.34 Å². The predicted molar refractivity (Wildman–Crippen MR) is 88.8 cm³/mol. The second-order valence-corrected chi connectivity index (χ2v) is 7.33. The van der Waals surface area contributed by atoms with Gasteiger partial charge in [-0.25, -0.2) is 4.98 Å². The number of aryl methyl sites for hydroxylation is 1. The molecule has 0 spiro atoms. The highest BCUT2D eigenvalue weighted by Gasteiger charge is 2.13. The van der Waals surface area contributed by atoms with E-state index in [4.69, 9.17) is 16.3 Å². The zero-order chi connectivity index (χ0) is 15.9. The van der Waals surface area contributed by atoms with Crippen LogP contribution in [0.4, 0.5) is 0 Å². The quantitative estimate of drug-likeness (QED) is 0.515. The van der Waals surface area contributed by atoms with E-state index >= 15 is 0 Å². The Labute approximate surface area is 142 Å². The van der Waals surface area contributed by atoms with Gasteiger partial charge in [-0.3, -0.25) is 9.59 Å². The minimum atomic E-state index is -0.388. The minimum absolute atomic E-state index is 0.0697. The number of esters is 1. The summed E-state index contributed by atoms with van der Waals surface area (Å²) in [6.45, 7) is 2.26. The highest BCUT2D eigenvalue weighted by atomic mass is 35.5. The number of ketones is 1. The molecule has 0 unspecified atom stereocenters. The lowest BCUT2D eigenvalue weighted by atomic mass is 10.2. The highest BCUT2D eigenvalue weighted by molar-refractivity contribution is 7.18. The number of aromatic nitrogens is 1. The molecule has 0 radical (unpaired) electrons.